The normalized spacial score (nSPS) is 20.9. The van der Waals surface area contributed by atoms with Gasteiger partial charge in [-0.3, -0.25) is 0 Å². The van der Waals surface area contributed by atoms with E-state index in [-0.39, 0.29) is 12.3 Å². The van der Waals surface area contributed by atoms with Crippen LogP contribution in [0.25, 0.3) is 0 Å². The molecule has 0 amide bonds. The molecule has 19 heavy (non-hydrogen) atoms. The van der Waals surface area contributed by atoms with Crippen molar-refractivity contribution in [3.05, 3.63) is 35.4 Å². The van der Waals surface area contributed by atoms with Gasteiger partial charge in [-0.25, -0.2) is 0 Å². The monoisotopic (exact) mass is 271 g/mol. The highest BCUT2D eigenvalue weighted by atomic mass is 19.4. The maximum Gasteiger partial charge on any atom is 0.403 e. The number of hydrogen-bond donors (Lipinski definition) is 1. The van der Waals surface area contributed by atoms with Crippen molar-refractivity contribution in [3.8, 4) is 0 Å². The summed E-state index contributed by atoms with van der Waals surface area (Å²) in [5.41, 5.74) is 2.33. The second kappa shape index (κ2) is 5.95. The maximum absolute atomic E-state index is 13.0. The third kappa shape index (κ3) is 3.50. The van der Waals surface area contributed by atoms with Gasteiger partial charge in [-0.2, -0.15) is 13.2 Å². The summed E-state index contributed by atoms with van der Waals surface area (Å²) in [6.45, 7) is 2.06. The first kappa shape index (κ1) is 14.4. The van der Waals surface area contributed by atoms with Crippen LogP contribution in [0.5, 0.6) is 0 Å². The first-order valence-electron chi connectivity index (χ1n) is 6.90. The molecule has 0 heterocycles. The van der Waals surface area contributed by atoms with Gasteiger partial charge in [0.05, 0.1) is 0 Å². The lowest BCUT2D eigenvalue weighted by Crippen LogP contribution is -2.43. The van der Waals surface area contributed by atoms with Crippen LogP contribution in [0.2, 0.25) is 0 Å². The Hall–Kier alpha value is -1.03. The summed E-state index contributed by atoms with van der Waals surface area (Å²) in [7, 11) is 0. The maximum atomic E-state index is 13.0. The Kier molecular flexibility index (Phi) is 4.50. The van der Waals surface area contributed by atoms with Crippen LogP contribution >= 0.6 is 0 Å². The molecule has 1 aromatic rings. The molecule has 1 aliphatic carbocycles. The Morgan fingerprint density at radius 2 is 2.05 bits per heavy atom. The van der Waals surface area contributed by atoms with Crippen LogP contribution in [0.1, 0.15) is 43.2 Å². The molecular weight excluding hydrogens is 251 g/mol. The molecular formula is C15H20F3N. The van der Waals surface area contributed by atoms with Crippen LogP contribution in [0.15, 0.2) is 24.3 Å². The van der Waals surface area contributed by atoms with Crippen molar-refractivity contribution in [3.63, 3.8) is 0 Å². The first-order chi connectivity index (χ1) is 9.02. The van der Waals surface area contributed by atoms with E-state index in [0.717, 1.165) is 24.8 Å². The quantitative estimate of drug-likeness (QED) is 0.871. The van der Waals surface area contributed by atoms with Gasteiger partial charge >= 0.3 is 6.18 Å². The fourth-order valence-corrected chi connectivity index (χ4v) is 2.96. The predicted molar refractivity (Wildman–Crippen MR) is 70.3 cm³/mol. The molecule has 2 atom stereocenters. The summed E-state index contributed by atoms with van der Waals surface area (Å²) < 4.78 is 38.9. The van der Waals surface area contributed by atoms with Gasteiger partial charge in [0.2, 0.25) is 0 Å². The Balaban J connectivity index is 2.15. The van der Waals surface area contributed by atoms with Gasteiger partial charge < -0.3 is 5.32 Å². The molecule has 106 valence electrons. The number of hydrogen-bond acceptors (Lipinski definition) is 1. The summed E-state index contributed by atoms with van der Waals surface area (Å²) in [5.74, 6) is 0.0237. The molecule has 0 radical (unpaired) electrons. The second-order valence-corrected chi connectivity index (χ2v) is 5.18. The van der Waals surface area contributed by atoms with E-state index in [1.807, 2.05) is 24.3 Å². The highest BCUT2D eigenvalue weighted by Crippen LogP contribution is 2.37. The van der Waals surface area contributed by atoms with Crippen molar-refractivity contribution >= 4 is 0 Å². The predicted octanol–water partition coefficient (Wildman–Crippen LogP) is 4.04. The lowest BCUT2D eigenvalue weighted by atomic mass is 9.79. The van der Waals surface area contributed by atoms with Crippen molar-refractivity contribution in [2.24, 2.45) is 0 Å². The van der Waals surface area contributed by atoms with Crippen molar-refractivity contribution in [1.82, 2.24) is 5.32 Å². The van der Waals surface area contributed by atoms with Gasteiger partial charge in [0.25, 0.3) is 0 Å². The van der Waals surface area contributed by atoms with Crippen LogP contribution in [-0.2, 0) is 6.42 Å². The highest BCUT2D eigenvalue weighted by Gasteiger charge is 2.40. The largest absolute Gasteiger partial charge is 0.403 e. The van der Waals surface area contributed by atoms with Crippen LogP contribution in [-0.4, -0.2) is 18.8 Å². The van der Waals surface area contributed by atoms with Crippen molar-refractivity contribution in [2.45, 2.75) is 50.7 Å². The fourth-order valence-electron chi connectivity index (χ4n) is 2.96. The number of benzene rings is 1. The second-order valence-electron chi connectivity index (χ2n) is 5.18. The average Bonchev–Trinajstić information content (AvgIpc) is 2.37. The van der Waals surface area contributed by atoms with Crippen molar-refractivity contribution in [1.29, 1.82) is 0 Å². The van der Waals surface area contributed by atoms with Crippen LogP contribution in [0.4, 0.5) is 13.2 Å². The van der Waals surface area contributed by atoms with E-state index in [2.05, 4.69) is 5.32 Å². The van der Waals surface area contributed by atoms with Gasteiger partial charge in [0.1, 0.15) is 6.04 Å². The van der Waals surface area contributed by atoms with Gasteiger partial charge in [-0.15, -0.1) is 0 Å². The van der Waals surface area contributed by atoms with Gasteiger partial charge in [0.15, 0.2) is 0 Å². The summed E-state index contributed by atoms with van der Waals surface area (Å²) in [6, 6.07) is 6.52. The zero-order valence-electron chi connectivity index (χ0n) is 11.1. The molecule has 2 unspecified atom stereocenters. The standard InChI is InChI=1S/C15H20F3N/c1-2-19-14(15(16,17)18)10-12-8-5-7-11-6-3-4-9-13(11)12/h3-4,6,9,12,14,19H,2,5,7-8,10H2,1H3. The fraction of sp³-hybridized carbons (Fsp3) is 0.600. The molecule has 4 heteroatoms. The summed E-state index contributed by atoms with van der Waals surface area (Å²) in [4.78, 5) is 0. The van der Waals surface area contributed by atoms with Gasteiger partial charge in [-0.05, 0) is 49.3 Å². The summed E-state index contributed by atoms with van der Waals surface area (Å²) in [6.07, 6.45) is -1.19. The molecule has 0 bridgehead atoms. The zero-order chi connectivity index (χ0) is 13.9. The third-order valence-electron chi connectivity index (χ3n) is 3.86. The van der Waals surface area contributed by atoms with E-state index in [1.54, 1.807) is 6.92 Å². The highest BCUT2D eigenvalue weighted by molar-refractivity contribution is 5.32. The Labute approximate surface area is 112 Å². The molecule has 1 N–H and O–H groups in total. The molecule has 0 aliphatic heterocycles. The number of alkyl halides is 3. The lowest BCUT2D eigenvalue weighted by molar-refractivity contribution is -0.158. The molecule has 2 rings (SSSR count). The SMILES string of the molecule is CCNC(CC1CCCc2ccccc21)C(F)(F)F. The minimum absolute atomic E-state index is 0.0237. The Morgan fingerprint density at radius 1 is 1.32 bits per heavy atom. The number of rotatable bonds is 4. The molecule has 0 saturated heterocycles. The molecule has 0 spiro atoms. The summed E-state index contributed by atoms with van der Waals surface area (Å²) >= 11 is 0. The number of fused-ring (bicyclic) bond motifs is 1. The Morgan fingerprint density at radius 3 is 2.74 bits per heavy atom. The average molecular weight is 271 g/mol. The van der Waals surface area contributed by atoms with E-state index in [0.29, 0.717) is 6.54 Å². The zero-order valence-corrected chi connectivity index (χ0v) is 11.1. The van der Waals surface area contributed by atoms with Gasteiger partial charge in [0, 0.05) is 0 Å². The van der Waals surface area contributed by atoms with E-state index < -0.39 is 12.2 Å². The number of nitrogens with one attached hydrogen (secondary N) is 1. The number of aryl methyl sites for hydroxylation is 1. The first-order valence-corrected chi connectivity index (χ1v) is 6.90. The van der Waals surface area contributed by atoms with Gasteiger partial charge in [-0.1, -0.05) is 31.2 Å². The number of halogens is 3. The minimum atomic E-state index is -4.16. The topological polar surface area (TPSA) is 12.0 Å². The Bertz CT molecular complexity index is 414. The smallest absolute Gasteiger partial charge is 0.306 e. The molecule has 1 aliphatic rings. The van der Waals surface area contributed by atoms with Crippen molar-refractivity contribution < 1.29 is 13.2 Å². The molecule has 0 fully saturated rings. The lowest BCUT2D eigenvalue weighted by Gasteiger charge is -2.30. The minimum Gasteiger partial charge on any atom is -0.306 e. The van der Waals surface area contributed by atoms with E-state index in [1.165, 1.54) is 5.56 Å². The molecule has 1 nitrogen and oxygen atoms in total. The molecule has 0 saturated carbocycles. The third-order valence-corrected chi connectivity index (χ3v) is 3.86. The van der Waals surface area contributed by atoms with E-state index in [4.69, 9.17) is 0 Å². The van der Waals surface area contributed by atoms with Crippen LogP contribution in [0, 0.1) is 0 Å². The van der Waals surface area contributed by atoms with Crippen molar-refractivity contribution in [2.75, 3.05) is 6.54 Å². The van der Waals surface area contributed by atoms with E-state index >= 15 is 0 Å². The van der Waals surface area contributed by atoms with Crippen LogP contribution in [0.3, 0.4) is 0 Å². The molecule has 0 aromatic heterocycles. The van der Waals surface area contributed by atoms with E-state index in [9.17, 15) is 13.2 Å². The van der Waals surface area contributed by atoms with Crippen LogP contribution < -0.4 is 5.32 Å². The molecule has 1 aromatic carbocycles. The summed E-state index contributed by atoms with van der Waals surface area (Å²) in [5, 5.41) is 2.58.